The van der Waals surface area contributed by atoms with Crippen molar-refractivity contribution in [3.63, 3.8) is 0 Å². The van der Waals surface area contributed by atoms with Gasteiger partial charge in [-0.3, -0.25) is 4.79 Å². The number of anilines is 1. The van der Waals surface area contributed by atoms with Crippen molar-refractivity contribution in [2.24, 2.45) is 10.7 Å². The van der Waals surface area contributed by atoms with Crippen LogP contribution in [0, 0.1) is 0 Å². The summed E-state index contributed by atoms with van der Waals surface area (Å²) in [5, 5.41) is 5.79. The summed E-state index contributed by atoms with van der Waals surface area (Å²) in [6.07, 6.45) is 0. The maximum absolute atomic E-state index is 11.8. The smallest absolute Gasteiger partial charge is 0.251 e. The van der Waals surface area contributed by atoms with Crippen LogP contribution >= 0.6 is 0 Å². The van der Waals surface area contributed by atoms with Crippen LogP contribution in [0.15, 0.2) is 59.6 Å². The maximum Gasteiger partial charge on any atom is 0.251 e. The van der Waals surface area contributed by atoms with Gasteiger partial charge in [-0.1, -0.05) is 30.3 Å². The summed E-state index contributed by atoms with van der Waals surface area (Å²) < 4.78 is 0. The van der Waals surface area contributed by atoms with Gasteiger partial charge in [-0.25, -0.2) is 4.99 Å². The highest BCUT2D eigenvalue weighted by Crippen LogP contribution is 2.08. The summed E-state index contributed by atoms with van der Waals surface area (Å²) >= 11 is 0. The van der Waals surface area contributed by atoms with Crippen molar-refractivity contribution in [1.82, 2.24) is 5.32 Å². The average molecular weight is 296 g/mol. The maximum atomic E-state index is 11.8. The zero-order valence-corrected chi connectivity index (χ0v) is 12.5. The van der Waals surface area contributed by atoms with E-state index in [2.05, 4.69) is 15.6 Å². The lowest BCUT2D eigenvalue weighted by Gasteiger charge is -2.06. The molecule has 0 radical (unpaired) electrons. The third-order valence-corrected chi connectivity index (χ3v) is 3.00. The molecule has 0 spiro atoms. The van der Waals surface area contributed by atoms with Crippen molar-refractivity contribution in [2.75, 3.05) is 11.9 Å². The van der Waals surface area contributed by atoms with Gasteiger partial charge < -0.3 is 16.4 Å². The van der Waals surface area contributed by atoms with Gasteiger partial charge in [0.1, 0.15) is 0 Å². The minimum absolute atomic E-state index is 0.0799. The topological polar surface area (TPSA) is 79.5 Å². The number of guanidine groups is 1. The molecule has 5 heteroatoms. The summed E-state index contributed by atoms with van der Waals surface area (Å²) in [6.45, 7) is 2.91. The quantitative estimate of drug-likeness (QED) is 0.585. The van der Waals surface area contributed by atoms with Crippen LogP contribution in [0.4, 0.5) is 5.69 Å². The van der Waals surface area contributed by atoms with Crippen LogP contribution in [0.25, 0.3) is 0 Å². The number of nitrogens with zero attached hydrogens (tertiary/aromatic N) is 1. The van der Waals surface area contributed by atoms with E-state index in [1.54, 1.807) is 6.07 Å². The van der Waals surface area contributed by atoms with E-state index in [1.807, 2.05) is 55.5 Å². The molecule has 22 heavy (non-hydrogen) atoms. The number of benzene rings is 2. The van der Waals surface area contributed by atoms with Gasteiger partial charge in [-0.05, 0) is 36.8 Å². The number of aliphatic imine (C=N–C) groups is 1. The molecule has 4 N–H and O–H groups in total. The molecular formula is C17H20N4O. The molecule has 0 saturated carbocycles. The van der Waals surface area contributed by atoms with E-state index in [1.165, 1.54) is 0 Å². The van der Waals surface area contributed by atoms with Crippen LogP contribution in [-0.2, 0) is 6.54 Å². The Morgan fingerprint density at radius 2 is 1.91 bits per heavy atom. The van der Waals surface area contributed by atoms with Crippen molar-refractivity contribution >= 4 is 17.6 Å². The van der Waals surface area contributed by atoms with Crippen LogP contribution < -0.4 is 16.4 Å². The van der Waals surface area contributed by atoms with Gasteiger partial charge in [0.2, 0.25) is 0 Å². The Labute approximate surface area is 130 Å². The second-order valence-electron chi connectivity index (χ2n) is 4.75. The molecule has 0 atom stereocenters. The number of carbonyl (C=O) groups excluding carboxylic acids is 1. The Kier molecular flexibility index (Phi) is 5.54. The first-order chi connectivity index (χ1) is 10.7. The number of hydrogen-bond acceptors (Lipinski definition) is 2. The first-order valence-electron chi connectivity index (χ1n) is 7.18. The van der Waals surface area contributed by atoms with Crippen molar-refractivity contribution in [1.29, 1.82) is 0 Å². The van der Waals surface area contributed by atoms with E-state index in [4.69, 9.17) is 5.73 Å². The third kappa shape index (κ3) is 4.63. The van der Waals surface area contributed by atoms with Crippen molar-refractivity contribution in [3.05, 3.63) is 65.7 Å². The van der Waals surface area contributed by atoms with Gasteiger partial charge in [-0.2, -0.15) is 0 Å². The third-order valence-electron chi connectivity index (χ3n) is 3.00. The summed E-state index contributed by atoms with van der Waals surface area (Å²) in [5.74, 6) is 0.262. The van der Waals surface area contributed by atoms with E-state index < -0.39 is 0 Å². The van der Waals surface area contributed by atoms with E-state index in [9.17, 15) is 4.79 Å². The molecule has 0 saturated heterocycles. The number of nitrogens with two attached hydrogens (primary N) is 1. The van der Waals surface area contributed by atoms with Crippen LogP contribution in [0.1, 0.15) is 22.8 Å². The molecule has 2 aromatic carbocycles. The second kappa shape index (κ2) is 7.83. The minimum Gasteiger partial charge on any atom is -0.370 e. The molecule has 0 aliphatic carbocycles. The molecule has 0 unspecified atom stereocenters. The summed E-state index contributed by atoms with van der Waals surface area (Å²) in [5.41, 5.74) is 8.31. The Hall–Kier alpha value is -2.82. The fraction of sp³-hybridized carbons (Fsp3) is 0.176. The van der Waals surface area contributed by atoms with Gasteiger partial charge in [0.05, 0.1) is 6.54 Å². The van der Waals surface area contributed by atoms with E-state index in [0.717, 1.165) is 11.3 Å². The number of carbonyl (C=O) groups is 1. The first-order valence-corrected chi connectivity index (χ1v) is 7.18. The molecule has 2 rings (SSSR count). The number of nitrogens with one attached hydrogen (secondary N) is 2. The highest BCUT2D eigenvalue weighted by Gasteiger charge is 2.04. The summed E-state index contributed by atoms with van der Waals surface area (Å²) in [4.78, 5) is 16.1. The van der Waals surface area contributed by atoms with Gasteiger partial charge in [0, 0.05) is 17.8 Å². The van der Waals surface area contributed by atoms with Crippen LogP contribution in [0.5, 0.6) is 0 Å². The zero-order chi connectivity index (χ0) is 15.8. The number of amides is 1. The lowest BCUT2D eigenvalue weighted by molar-refractivity contribution is 0.0955. The average Bonchev–Trinajstić information content (AvgIpc) is 2.54. The van der Waals surface area contributed by atoms with E-state index in [0.29, 0.717) is 24.6 Å². The largest absolute Gasteiger partial charge is 0.370 e. The van der Waals surface area contributed by atoms with Crippen molar-refractivity contribution < 1.29 is 4.79 Å². The minimum atomic E-state index is -0.0799. The molecule has 0 fully saturated rings. The Morgan fingerprint density at radius 1 is 1.14 bits per heavy atom. The highest BCUT2D eigenvalue weighted by atomic mass is 16.1. The van der Waals surface area contributed by atoms with E-state index in [-0.39, 0.29) is 5.91 Å². The standard InChI is InChI=1S/C17H20N4O/c1-2-19-16(22)14-8-6-7-13(11-14)12-20-17(18)21-15-9-4-3-5-10-15/h3-11H,2,12H2,1H3,(H,19,22)(H3,18,20,21). The van der Waals surface area contributed by atoms with E-state index >= 15 is 0 Å². The number of para-hydroxylation sites is 1. The highest BCUT2D eigenvalue weighted by molar-refractivity contribution is 5.94. The zero-order valence-electron chi connectivity index (χ0n) is 12.5. The molecule has 5 nitrogen and oxygen atoms in total. The normalized spacial score (nSPS) is 11.0. The number of rotatable bonds is 5. The molecule has 0 aromatic heterocycles. The lowest BCUT2D eigenvalue weighted by Crippen LogP contribution is -2.23. The summed E-state index contributed by atoms with van der Waals surface area (Å²) in [6, 6.07) is 17.0. The van der Waals surface area contributed by atoms with Crippen molar-refractivity contribution in [2.45, 2.75) is 13.5 Å². The SMILES string of the molecule is CCNC(=O)c1cccc(CN=C(N)Nc2ccccc2)c1. The Bertz CT molecular complexity index is 653. The predicted molar refractivity (Wildman–Crippen MR) is 89.8 cm³/mol. The molecule has 1 amide bonds. The number of hydrogen-bond donors (Lipinski definition) is 3. The Morgan fingerprint density at radius 3 is 2.64 bits per heavy atom. The molecule has 0 aliphatic heterocycles. The molecule has 2 aromatic rings. The molecule has 114 valence electrons. The molecule has 0 aliphatic rings. The predicted octanol–water partition coefficient (Wildman–Crippen LogP) is 2.36. The van der Waals surface area contributed by atoms with Crippen LogP contribution in [-0.4, -0.2) is 18.4 Å². The molecule has 0 heterocycles. The lowest BCUT2D eigenvalue weighted by atomic mass is 10.1. The fourth-order valence-electron chi connectivity index (χ4n) is 1.96. The van der Waals surface area contributed by atoms with Crippen LogP contribution in [0.3, 0.4) is 0 Å². The van der Waals surface area contributed by atoms with Gasteiger partial charge in [0.15, 0.2) is 5.96 Å². The fourth-order valence-corrected chi connectivity index (χ4v) is 1.96. The second-order valence-corrected chi connectivity index (χ2v) is 4.75. The van der Waals surface area contributed by atoms with Crippen LogP contribution in [0.2, 0.25) is 0 Å². The van der Waals surface area contributed by atoms with Gasteiger partial charge in [0.25, 0.3) is 5.91 Å². The van der Waals surface area contributed by atoms with Crippen molar-refractivity contribution in [3.8, 4) is 0 Å². The monoisotopic (exact) mass is 296 g/mol. The first kappa shape index (κ1) is 15.6. The molecule has 0 bridgehead atoms. The van der Waals surface area contributed by atoms with Gasteiger partial charge in [-0.15, -0.1) is 0 Å². The molecular weight excluding hydrogens is 276 g/mol. The Balaban J connectivity index is 2.00. The summed E-state index contributed by atoms with van der Waals surface area (Å²) in [7, 11) is 0. The van der Waals surface area contributed by atoms with Gasteiger partial charge >= 0.3 is 0 Å².